The number of carbonyl (C=O) groups is 2. The average Bonchev–Trinajstić information content (AvgIpc) is 3.25. The van der Waals surface area contributed by atoms with Crippen LogP contribution in [-0.2, 0) is 0 Å². The van der Waals surface area contributed by atoms with Gasteiger partial charge in [-0.05, 0) is 36.6 Å². The third-order valence-corrected chi connectivity index (χ3v) is 5.40. The Labute approximate surface area is 176 Å². The molecule has 1 amide bonds. The molecule has 2 N–H and O–H groups in total. The summed E-state index contributed by atoms with van der Waals surface area (Å²) in [6.07, 6.45) is 4.58. The number of rotatable bonds is 6. The van der Waals surface area contributed by atoms with Crippen LogP contribution in [0.25, 0.3) is 10.9 Å². The van der Waals surface area contributed by atoms with Crippen molar-refractivity contribution in [3.63, 3.8) is 0 Å². The zero-order valence-electron chi connectivity index (χ0n) is 16.4. The van der Waals surface area contributed by atoms with Gasteiger partial charge in [0.2, 0.25) is 5.78 Å². The Bertz CT molecular complexity index is 1180. The molecule has 1 aliphatic rings. The zero-order valence-corrected chi connectivity index (χ0v) is 16.4. The maximum absolute atomic E-state index is 13.8. The van der Waals surface area contributed by atoms with Crippen molar-refractivity contribution in [3.05, 3.63) is 65.6 Å². The SMILES string of the molecule is N=CC(=O)c1ccc(N2CCC(CNC(=O)c3ccc(F)cc3F)C2)c2cncnc12. The highest BCUT2D eigenvalue weighted by Gasteiger charge is 2.26. The Kier molecular flexibility index (Phi) is 5.66. The fourth-order valence-corrected chi connectivity index (χ4v) is 3.84. The van der Waals surface area contributed by atoms with Crippen LogP contribution < -0.4 is 10.2 Å². The summed E-state index contributed by atoms with van der Waals surface area (Å²) in [4.78, 5) is 34.7. The number of halogens is 2. The quantitative estimate of drug-likeness (QED) is 0.469. The minimum Gasteiger partial charge on any atom is -0.371 e. The zero-order chi connectivity index (χ0) is 22.0. The molecule has 1 aromatic heterocycles. The van der Waals surface area contributed by atoms with Crippen LogP contribution in [0.3, 0.4) is 0 Å². The summed E-state index contributed by atoms with van der Waals surface area (Å²) in [5, 5.41) is 10.7. The molecule has 0 bridgehead atoms. The van der Waals surface area contributed by atoms with Crippen molar-refractivity contribution in [3.8, 4) is 0 Å². The van der Waals surface area contributed by atoms with Gasteiger partial charge >= 0.3 is 0 Å². The molecule has 4 rings (SSSR count). The molecule has 1 atom stereocenters. The summed E-state index contributed by atoms with van der Waals surface area (Å²) in [6.45, 7) is 1.73. The Morgan fingerprint density at radius 2 is 2.03 bits per heavy atom. The lowest BCUT2D eigenvalue weighted by molar-refractivity contribution is 0.0943. The molecule has 0 saturated carbocycles. The second-order valence-electron chi connectivity index (χ2n) is 7.36. The van der Waals surface area contributed by atoms with E-state index in [2.05, 4.69) is 20.2 Å². The molecule has 2 aromatic carbocycles. The van der Waals surface area contributed by atoms with Gasteiger partial charge in [-0.15, -0.1) is 0 Å². The van der Waals surface area contributed by atoms with Crippen molar-refractivity contribution in [2.75, 3.05) is 24.5 Å². The highest BCUT2D eigenvalue weighted by atomic mass is 19.1. The second kappa shape index (κ2) is 8.55. The molecule has 1 fully saturated rings. The number of aromatic nitrogens is 2. The van der Waals surface area contributed by atoms with Gasteiger partial charge in [-0.1, -0.05) is 0 Å². The molecule has 1 unspecified atom stereocenters. The van der Waals surface area contributed by atoms with Crippen molar-refractivity contribution in [1.82, 2.24) is 15.3 Å². The van der Waals surface area contributed by atoms with Gasteiger partial charge in [0.1, 0.15) is 18.0 Å². The van der Waals surface area contributed by atoms with Crippen LogP contribution in [0.15, 0.2) is 42.9 Å². The minimum atomic E-state index is -0.892. The molecular formula is C22H19F2N5O2. The van der Waals surface area contributed by atoms with Gasteiger partial charge in [0, 0.05) is 43.0 Å². The molecule has 2 heterocycles. The summed E-state index contributed by atoms with van der Waals surface area (Å²) < 4.78 is 26.8. The molecule has 9 heteroatoms. The van der Waals surface area contributed by atoms with Crippen LogP contribution in [-0.4, -0.2) is 47.5 Å². The number of anilines is 1. The molecule has 1 aliphatic heterocycles. The largest absolute Gasteiger partial charge is 0.371 e. The lowest BCUT2D eigenvalue weighted by Gasteiger charge is -2.21. The van der Waals surface area contributed by atoms with Gasteiger partial charge in [-0.2, -0.15) is 0 Å². The highest BCUT2D eigenvalue weighted by Crippen LogP contribution is 2.31. The van der Waals surface area contributed by atoms with E-state index in [-0.39, 0.29) is 11.5 Å². The van der Waals surface area contributed by atoms with Gasteiger partial charge in [-0.3, -0.25) is 9.59 Å². The maximum Gasteiger partial charge on any atom is 0.254 e. The van der Waals surface area contributed by atoms with Gasteiger partial charge in [-0.25, -0.2) is 18.7 Å². The molecule has 3 aromatic rings. The van der Waals surface area contributed by atoms with Crippen LogP contribution in [0, 0.1) is 23.0 Å². The molecule has 158 valence electrons. The lowest BCUT2D eigenvalue weighted by Crippen LogP contribution is -2.31. The number of hydrogen-bond acceptors (Lipinski definition) is 6. The van der Waals surface area contributed by atoms with E-state index in [1.165, 1.54) is 6.33 Å². The van der Waals surface area contributed by atoms with Crippen LogP contribution >= 0.6 is 0 Å². The maximum atomic E-state index is 13.8. The van der Waals surface area contributed by atoms with E-state index in [1.807, 2.05) is 6.07 Å². The molecular weight excluding hydrogens is 404 g/mol. The summed E-state index contributed by atoms with van der Waals surface area (Å²) in [5.74, 6) is -2.49. The highest BCUT2D eigenvalue weighted by molar-refractivity contribution is 6.37. The van der Waals surface area contributed by atoms with Crippen molar-refractivity contribution >= 4 is 34.5 Å². The molecule has 0 radical (unpaired) electrons. The monoisotopic (exact) mass is 423 g/mol. The topological polar surface area (TPSA) is 99.0 Å². The first kappa shape index (κ1) is 20.5. The smallest absolute Gasteiger partial charge is 0.254 e. The van der Waals surface area contributed by atoms with Crippen LogP contribution in [0.2, 0.25) is 0 Å². The van der Waals surface area contributed by atoms with E-state index in [0.717, 1.165) is 37.0 Å². The van der Waals surface area contributed by atoms with E-state index >= 15 is 0 Å². The number of ketones is 1. The average molecular weight is 423 g/mol. The molecule has 0 aliphatic carbocycles. The molecule has 31 heavy (non-hydrogen) atoms. The fourth-order valence-electron chi connectivity index (χ4n) is 3.84. The molecule has 7 nitrogen and oxygen atoms in total. The van der Waals surface area contributed by atoms with E-state index in [0.29, 0.717) is 35.6 Å². The van der Waals surface area contributed by atoms with Crippen LogP contribution in [0.4, 0.5) is 14.5 Å². The number of fused-ring (bicyclic) bond motifs is 1. The summed E-state index contributed by atoms with van der Waals surface area (Å²) in [6, 6.07) is 6.34. The summed E-state index contributed by atoms with van der Waals surface area (Å²) >= 11 is 0. The minimum absolute atomic E-state index is 0.134. The number of nitrogens with one attached hydrogen (secondary N) is 2. The molecule has 0 spiro atoms. The van der Waals surface area contributed by atoms with Gasteiger partial charge in [0.15, 0.2) is 0 Å². The number of hydrogen-bond donors (Lipinski definition) is 2. The summed E-state index contributed by atoms with van der Waals surface area (Å²) in [7, 11) is 0. The fraction of sp³-hybridized carbons (Fsp3) is 0.227. The standard InChI is InChI=1S/C22H19F2N5O2/c23-14-1-2-15(18(24)7-14)22(31)27-9-13-5-6-29(11-13)19-4-3-16(20(30)8-25)21-17(19)10-26-12-28-21/h1-4,7-8,10,12-13,25H,5-6,9,11H2,(H,27,31). The van der Waals surface area contributed by atoms with Crippen LogP contribution in [0.5, 0.6) is 0 Å². The number of Topliss-reactive ketones (excluding diaryl/α,β-unsaturated/α-hetero) is 1. The number of benzene rings is 2. The third-order valence-electron chi connectivity index (χ3n) is 5.40. The Balaban J connectivity index is 1.47. The lowest BCUT2D eigenvalue weighted by atomic mass is 10.1. The number of carbonyl (C=O) groups excluding carboxylic acids is 2. The Morgan fingerprint density at radius 1 is 1.23 bits per heavy atom. The van der Waals surface area contributed by atoms with Crippen molar-refractivity contribution < 1.29 is 18.4 Å². The van der Waals surface area contributed by atoms with E-state index < -0.39 is 23.3 Å². The Morgan fingerprint density at radius 3 is 2.81 bits per heavy atom. The number of amides is 1. The van der Waals surface area contributed by atoms with Gasteiger partial charge in [0.25, 0.3) is 5.91 Å². The third kappa shape index (κ3) is 4.11. The van der Waals surface area contributed by atoms with Crippen molar-refractivity contribution in [1.29, 1.82) is 5.41 Å². The first-order valence-corrected chi connectivity index (χ1v) is 9.73. The van der Waals surface area contributed by atoms with E-state index in [1.54, 1.807) is 12.3 Å². The van der Waals surface area contributed by atoms with E-state index in [4.69, 9.17) is 5.41 Å². The van der Waals surface area contributed by atoms with E-state index in [9.17, 15) is 18.4 Å². The van der Waals surface area contributed by atoms with Crippen molar-refractivity contribution in [2.45, 2.75) is 6.42 Å². The summed E-state index contributed by atoms with van der Waals surface area (Å²) in [5.41, 5.74) is 1.52. The normalized spacial score (nSPS) is 15.8. The predicted molar refractivity (Wildman–Crippen MR) is 112 cm³/mol. The van der Waals surface area contributed by atoms with Gasteiger partial charge < -0.3 is 15.6 Å². The molecule has 1 saturated heterocycles. The first-order valence-electron chi connectivity index (χ1n) is 9.73. The predicted octanol–water partition coefficient (Wildman–Crippen LogP) is 3.00. The Hall–Kier alpha value is -3.75. The number of nitrogens with zero attached hydrogens (tertiary/aromatic N) is 3. The van der Waals surface area contributed by atoms with Gasteiger partial charge in [0.05, 0.1) is 22.9 Å². The van der Waals surface area contributed by atoms with Crippen LogP contribution in [0.1, 0.15) is 27.1 Å². The second-order valence-corrected chi connectivity index (χ2v) is 7.36. The van der Waals surface area contributed by atoms with Crippen molar-refractivity contribution in [2.24, 2.45) is 5.92 Å². The first-order chi connectivity index (χ1) is 15.0.